The largest absolute Gasteiger partial charge is 0.412 e. The molecule has 4 heteroatoms. The van der Waals surface area contributed by atoms with E-state index in [1.165, 1.54) is 0 Å². The number of rotatable bonds is 0. The third kappa shape index (κ3) is 50.7. The lowest BCUT2D eigenvalue weighted by atomic mass is 13.6. The molecule has 30 valence electrons. The fraction of sp³-hybridized carbons (Fsp3) is 0. The van der Waals surface area contributed by atoms with Crippen molar-refractivity contribution in [3.05, 3.63) is 0 Å². The zero-order chi connectivity index (χ0) is 2.00. The highest BCUT2D eigenvalue weighted by molar-refractivity contribution is 2.77. The van der Waals surface area contributed by atoms with Crippen LogP contribution in [0.4, 0.5) is 0 Å². The zero-order valence-electron chi connectivity index (χ0n) is 2.02. The molecule has 0 saturated heterocycles. The van der Waals surface area contributed by atoms with Gasteiger partial charge in [-0.15, -0.1) is 0 Å². The molecule has 0 heterocycles. The molecule has 0 bridgehead atoms. The molecule has 0 atom stereocenters. The molecular formula is H7NO3. The summed E-state index contributed by atoms with van der Waals surface area (Å²) < 4.78 is 0. The summed E-state index contributed by atoms with van der Waals surface area (Å²) in [7, 11) is 0. The molecule has 0 radical (unpaired) electrons. The summed E-state index contributed by atoms with van der Waals surface area (Å²) >= 11 is 0. The Hall–Kier alpha value is -0.160. The Morgan fingerprint density at radius 1 is 1.00 bits per heavy atom. The van der Waals surface area contributed by atoms with Gasteiger partial charge in [0.25, 0.3) is 0 Å². The van der Waals surface area contributed by atoms with E-state index in [9.17, 15) is 0 Å². The minimum absolute atomic E-state index is 0. The number of hydrogen-bond acceptors (Lipinski definition) is 2. The Kier molecular flexibility index (Phi) is 4120. The van der Waals surface area contributed by atoms with Crippen LogP contribution in [-0.4, -0.2) is 16.2 Å². The third-order valence-electron chi connectivity index (χ3n) is 0. The van der Waals surface area contributed by atoms with Crippen LogP contribution in [0.15, 0.2) is 0 Å². The van der Waals surface area contributed by atoms with Gasteiger partial charge in [0.15, 0.2) is 0 Å². The average Bonchev–Trinajstić information content (AvgIpc) is 1.00. The SMILES string of the molecule is NO.O.O. The molecule has 7 N–H and O–H groups in total. The summed E-state index contributed by atoms with van der Waals surface area (Å²) in [6, 6.07) is 0. The van der Waals surface area contributed by atoms with E-state index in [4.69, 9.17) is 5.21 Å². The molecule has 4 heavy (non-hydrogen) atoms. The Morgan fingerprint density at radius 2 is 1.00 bits per heavy atom. The molecule has 0 saturated carbocycles. The minimum atomic E-state index is 0. The van der Waals surface area contributed by atoms with Crippen molar-refractivity contribution < 1.29 is 16.2 Å². The van der Waals surface area contributed by atoms with Crippen LogP contribution in [0.3, 0.4) is 0 Å². The van der Waals surface area contributed by atoms with Crippen molar-refractivity contribution in [2.24, 2.45) is 5.90 Å². The van der Waals surface area contributed by atoms with Gasteiger partial charge in [-0.05, 0) is 0 Å². The van der Waals surface area contributed by atoms with Crippen LogP contribution in [0.1, 0.15) is 0 Å². The van der Waals surface area contributed by atoms with E-state index in [1.807, 2.05) is 0 Å². The predicted octanol–water partition coefficient (Wildman–Crippen LogP) is -2.32. The molecule has 0 aliphatic carbocycles. The molecule has 0 unspecified atom stereocenters. The van der Waals surface area contributed by atoms with E-state index in [1.54, 1.807) is 0 Å². The number of hydrogen-bond donors (Lipinski definition) is 2. The molecule has 0 aliphatic heterocycles. The van der Waals surface area contributed by atoms with Crippen LogP contribution in [0.5, 0.6) is 0 Å². The van der Waals surface area contributed by atoms with Gasteiger partial charge in [-0.2, -0.15) is 0 Å². The third-order valence-corrected chi connectivity index (χ3v) is 0. The molecule has 0 aromatic rings. The first-order valence-corrected chi connectivity index (χ1v) is 0.258. The van der Waals surface area contributed by atoms with Gasteiger partial charge >= 0.3 is 0 Å². The Bertz CT molecular complexity index is 3.25. The van der Waals surface area contributed by atoms with Crippen molar-refractivity contribution in [1.29, 1.82) is 0 Å². The van der Waals surface area contributed by atoms with Gasteiger partial charge in [-0.3, -0.25) is 0 Å². The van der Waals surface area contributed by atoms with Crippen LogP contribution in [0.25, 0.3) is 0 Å². The summed E-state index contributed by atoms with van der Waals surface area (Å²) in [5.74, 6) is 3.50. The normalized spacial score (nSPS) is 1.50. The van der Waals surface area contributed by atoms with Crippen LogP contribution >= 0.6 is 0 Å². The molecule has 0 aliphatic rings. The van der Waals surface area contributed by atoms with Crippen molar-refractivity contribution in [3.63, 3.8) is 0 Å². The van der Waals surface area contributed by atoms with E-state index >= 15 is 0 Å². The molecule has 4 nitrogen and oxygen atoms in total. The fourth-order valence-electron chi connectivity index (χ4n) is 0. The second-order valence-electron chi connectivity index (χ2n) is 0. The summed E-state index contributed by atoms with van der Waals surface area (Å²) in [4.78, 5) is 0. The van der Waals surface area contributed by atoms with Crippen molar-refractivity contribution >= 4 is 0 Å². The van der Waals surface area contributed by atoms with E-state index in [2.05, 4.69) is 5.90 Å². The first-order valence-electron chi connectivity index (χ1n) is 0.258. The fourth-order valence-corrected chi connectivity index (χ4v) is 0. The molecule has 0 fully saturated rings. The van der Waals surface area contributed by atoms with Crippen LogP contribution < -0.4 is 5.90 Å². The molecular weight excluding hydrogens is 62.0 g/mol. The van der Waals surface area contributed by atoms with Gasteiger partial charge in [-0.25, -0.2) is 5.90 Å². The van der Waals surface area contributed by atoms with Crippen LogP contribution in [0.2, 0.25) is 0 Å². The maximum Gasteiger partial charge on any atom is -0.219 e. The lowest BCUT2D eigenvalue weighted by Gasteiger charge is -1.27. The van der Waals surface area contributed by atoms with E-state index in [0.717, 1.165) is 0 Å². The van der Waals surface area contributed by atoms with E-state index in [-0.39, 0.29) is 11.0 Å². The first kappa shape index (κ1) is 43.9. The summed E-state index contributed by atoms with van der Waals surface area (Å²) in [6.45, 7) is 0. The lowest BCUT2D eigenvalue weighted by Crippen LogP contribution is -1.72. The molecule has 0 aromatic carbocycles. The lowest BCUT2D eigenvalue weighted by molar-refractivity contribution is 0.311. The van der Waals surface area contributed by atoms with Crippen molar-refractivity contribution in [1.82, 2.24) is 0 Å². The summed E-state index contributed by atoms with van der Waals surface area (Å²) in [6.07, 6.45) is 0. The van der Waals surface area contributed by atoms with Crippen molar-refractivity contribution in [2.45, 2.75) is 0 Å². The summed E-state index contributed by atoms with van der Waals surface area (Å²) in [5, 5.41) is 6.50. The van der Waals surface area contributed by atoms with Crippen molar-refractivity contribution in [3.8, 4) is 0 Å². The smallest absolute Gasteiger partial charge is 0.219 e. The molecule has 0 aromatic heterocycles. The van der Waals surface area contributed by atoms with Gasteiger partial charge in [-0.1, -0.05) is 0 Å². The Labute approximate surface area is 23.4 Å². The van der Waals surface area contributed by atoms with Gasteiger partial charge in [0.2, 0.25) is 0 Å². The maximum absolute atomic E-state index is 6.50. The second kappa shape index (κ2) is 376. The summed E-state index contributed by atoms with van der Waals surface area (Å²) in [5.41, 5.74) is 0. The highest BCUT2D eigenvalue weighted by atomic mass is 16.4. The van der Waals surface area contributed by atoms with Gasteiger partial charge in [0.1, 0.15) is 0 Å². The van der Waals surface area contributed by atoms with Crippen molar-refractivity contribution in [2.75, 3.05) is 0 Å². The minimum Gasteiger partial charge on any atom is -0.412 e. The maximum atomic E-state index is 6.50. The van der Waals surface area contributed by atoms with E-state index < -0.39 is 0 Å². The number of nitrogens with two attached hydrogens (primary N) is 1. The quantitative estimate of drug-likeness (QED) is 0.311. The van der Waals surface area contributed by atoms with Crippen LogP contribution in [0, 0.1) is 0 Å². The zero-order valence-corrected chi connectivity index (χ0v) is 2.02. The highest BCUT2D eigenvalue weighted by Crippen LogP contribution is 0.410. The first-order chi connectivity index (χ1) is 1.00. The topological polar surface area (TPSA) is 109 Å². The average molecular weight is 69.1 g/mol. The van der Waals surface area contributed by atoms with Gasteiger partial charge < -0.3 is 16.2 Å². The standard InChI is InChI=1S/H3NO.2H2O/c1-2;;/h2H,1H2;2*1H2. The monoisotopic (exact) mass is 69.0 g/mol. The Morgan fingerprint density at radius 3 is 1.00 bits per heavy atom. The van der Waals surface area contributed by atoms with E-state index in [0.29, 0.717) is 0 Å². The van der Waals surface area contributed by atoms with Gasteiger partial charge in [0, 0.05) is 0 Å². The second-order valence-corrected chi connectivity index (χ2v) is 0. The molecule has 0 amide bonds. The molecule has 0 spiro atoms. The van der Waals surface area contributed by atoms with Gasteiger partial charge in [0.05, 0.1) is 0 Å². The highest BCUT2D eigenvalue weighted by Gasteiger charge is 0.732. The molecule has 0 rings (SSSR count). The Balaban J connectivity index is -0.00000000500. The predicted molar refractivity (Wildman–Crippen MR) is 13.2 cm³/mol. The van der Waals surface area contributed by atoms with Crippen LogP contribution in [-0.2, 0) is 0 Å².